The molecule has 4 heteroatoms. The van der Waals surface area contributed by atoms with E-state index >= 15 is 0 Å². The van der Waals surface area contributed by atoms with Crippen LogP contribution in [0, 0.1) is 17.1 Å². The van der Waals surface area contributed by atoms with Crippen molar-refractivity contribution in [1.82, 2.24) is 0 Å². The SMILES string of the molecule is N#Cc1c(F)cccc1CC(=O)CS. The van der Waals surface area contributed by atoms with E-state index in [1.165, 1.54) is 12.1 Å². The Bertz CT molecular complexity index is 398. The Balaban J connectivity index is 3.04. The monoisotopic (exact) mass is 209 g/mol. The number of rotatable bonds is 3. The Morgan fingerprint density at radius 1 is 1.57 bits per heavy atom. The number of hydrogen-bond donors (Lipinski definition) is 1. The van der Waals surface area contributed by atoms with Gasteiger partial charge in [0.15, 0.2) is 0 Å². The van der Waals surface area contributed by atoms with Crippen LogP contribution in [0.3, 0.4) is 0 Å². The number of halogens is 1. The van der Waals surface area contributed by atoms with Crippen LogP contribution in [0.2, 0.25) is 0 Å². The molecule has 0 spiro atoms. The van der Waals surface area contributed by atoms with E-state index in [2.05, 4.69) is 12.6 Å². The van der Waals surface area contributed by atoms with Gasteiger partial charge in [0.2, 0.25) is 0 Å². The van der Waals surface area contributed by atoms with Crippen molar-refractivity contribution in [1.29, 1.82) is 5.26 Å². The zero-order valence-corrected chi connectivity index (χ0v) is 8.22. The van der Waals surface area contributed by atoms with Gasteiger partial charge in [0.05, 0.1) is 5.56 Å². The van der Waals surface area contributed by atoms with Gasteiger partial charge in [0.1, 0.15) is 17.7 Å². The largest absolute Gasteiger partial charge is 0.298 e. The lowest BCUT2D eigenvalue weighted by atomic mass is 10.0. The second-order valence-corrected chi connectivity index (χ2v) is 3.08. The van der Waals surface area contributed by atoms with Gasteiger partial charge in [-0.05, 0) is 11.6 Å². The van der Waals surface area contributed by atoms with Gasteiger partial charge in [-0.1, -0.05) is 12.1 Å². The van der Waals surface area contributed by atoms with Crippen molar-refractivity contribution in [3.05, 3.63) is 35.1 Å². The summed E-state index contributed by atoms with van der Waals surface area (Å²) in [5.74, 6) is -0.617. The molecule has 0 radical (unpaired) electrons. The lowest BCUT2D eigenvalue weighted by Gasteiger charge is -2.02. The fourth-order valence-corrected chi connectivity index (χ4v) is 1.22. The van der Waals surface area contributed by atoms with E-state index in [1.807, 2.05) is 0 Å². The standard InChI is InChI=1S/C10H8FNOS/c11-10-3-1-2-7(9(10)5-12)4-8(13)6-14/h1-3,14H,4,6H2. The van der Waals surface area contributed by atoms with E-state index in [-0.39, 0.29) is 23.5 Å². The smallest absolute Gasteiger partial charge is 0.146 e. The van der Waals surface area contributed by atoms with E-state index in [0.717, 1.165) is 0 Å². The fraction of sp³-hybridized carbons (Fsp3) is 0.200. The number of thiol groups is 1. The summed E-state index contributed by atoms with van der Waals surface area (Å²) in [4.78, 5) is 11.1. The van der Waals surface area contributed by atoms with Crippen LogP contribution in [-0.4, -0.2) is 11.5 Å². The van der Waals surface area contributed by atoms with Crippen molar-refractivity contribution in [2.75, 3.05) is 5.75 Å². The van der Waals surface area contributed by atoms with Crippen molar-refractivity contribution < 1.29 is 9.18 Å². The molecule has 0 aliphatic carbocycles. The molecule has 0 saturated heterocycles. The van der Waals surface area contributed by atoms with Crippen LogP contribution in [0.4, 0.5) is 4.39 Å². The molecule has 2 nitrogen and oxygen atoms in total. The molecule has 0 aliphatic rings. The summed E-state index contributed by atoms with van der Waals surface area (Å²) in [7, 11) is 0. The first-order valence-electron chi connectivity index (χ1n) is 3.99. The summed E-state index contributed by atoms with van der Waals surface area (Å²) in [5.41, 5.74) is 0.370. The van der Waals surface area contributed by atoms with Crippen LogP contribution in [0.5, 0.6) is 0 Å². The highest BCUT2D eigenvalue weighted by Gasteiger charge is 2.10. The third-order valence-corrected chi connectivity index (χ3v) is 2.13. The quantitative estimate of drug-likeness (QED) is 0.770. The molecule has 0 amide bonds. The second-order valence-electron chi connectivity index (χ2n) is 2.76. The van der Waals surface area contributed by atoms with Crippen molar-refractivity contribution in [3.8, 4) is 6.07 Å². The summed E-state index contributed by atoms with van der Waals surface area (Å²) < 4.78 is 13.1. The number of benzene rings is 1. The molecule has 0 unspecified atom stereocenters. The third kappa shape index (κ3) is 2.33. The number of carbonyl (C=O) groups is 1. The minimum absolute atomic E-state index is 0.0531. The molecule has 0 N–H and O–H groups in total. The highest BCUT2D eigenvalue weighted by molar-refractivity contribution is 7.81. The third-order valence-electron chi connectivity index (χ3n) is 1.78. The van der Waals surface area contributed by atoms with E-state index in [0.29, 0.717) is 5.56 Å². The molecule has 14 heavy (non-hydrogen) atoms. The maximum Gasteiger partial charge on any atom is 0.146 e. The first kappa shape index (κ1) is 10.7. The lowest BCUT2D eigenvalue weighted by molar-refractivity contribution is -0.115. The van der Waals surface area contributed by atoms with E-state index in [4.69, 9.17) is 5.26 Å². The minimum atomic E-state index is -0.586. The van der Waals surface area contributed by atoms with Crippen molar-refractivity contribution in [2.24, 2.45) is 0 Å². The number of Topliss-reactive ketones (excluding diaryl/α,β-unsaturated/α-hetero) is 1. The Morgan fingerprint density at radius 3 is 2.86 bits per heavy atom. The number of carbonyl (C=O) groups excluding carboxylic acids is 1. The number of hydrogen-bond acceptors (Lipinski definition) is 3. The maximum absolute atomic E-state index is 13.1. The first-order chi connectivity index (χ1) is 6.69. The summed E-state index contributed by atoms with van der Waals surface area (Å²) in [6.45, 7) is 0. The topological polar surface area (TPSA) is 40.9 Å². The molecule has 0 heterocycles. The number of ketones is 1. The Kier molecular flexibility index (Phi) is 3.66. The van der Waals surface area contributed by atoms with Gasteiger partial charge < -0.3 is 0 Å². The fourth-order valence-electron chi connectivity index (χ4n) is 1.11. The Morgan fingerprint density at radius 2 is 2.29 bits per heavy atom. The summed E-state index contributed by atoms with van der Waals surface area (Å²) >= 11 is 3.81. The van der Waals surface area contributed by atoms with Crippen LogP contribution in [0.15, 0.2) is 18.2 Å². The zero-order chi connectivity index (χ0) is 10.6. The molecular formula is C10H8FNOS. The van der Waals surface area contributed by atoms with Crippen LogP contribution < -0.4 is 0 Å². The molecule has 1 rings (SSSR count). The average molecular weight is 209 g/mol. The van der Waals surface area contributed by atoms with Crippen molar-refractivity contribution in [3.63, 3.8) is 0 Å². The summed E-state index contributed by atoms with van der Waals surface area (Å²) in [5, 5.41) is 8.66. The molecular weight excluding hydrogens is 201 g/mol. The molecule has 0 aromatic heterocycles. The second kappa shape index (κ2) is 4.77. The predicted octanol–water partition coefficient (Wildman–Crippen LogP) is 1.74. The van der Waals surface area contributed by atoms with Crippen LogP contribution >= 0.6 is 12.6 Å². The summed E-state index contributed by atoms with van der Waals surface area (Å²) in [6, 6.07) is 6.00. The molecule has 72 valence electrons. The van der Waals surface area contributed by atoms with Gasteiger partial charge in [-0.3, -0.25) is 4.79 Å². The van der Waals surface area contributed by atoms with Gasteiger partial charge in [-0.15, -0.1) is 0 Å². The van der Waals surface area contributed by atoms with E-state index in [1.54, 1.807) is 12.1 Å². The van der Waals surface area contributed by atoms with Gasteiger partial charge in [-0.2, -0.15) is 17.9 Å². The van der Waals surface area contributed by atoms with Crippen LogP contribution in [0.1, 0.15) is 11.1 Å². The highest BCUT2D eigenvalue weighted by Crippen LogP contribution is 2.13. The molecule has 0 bridgehead atoms. The molecule has 0 atom stereocenters. The average Bonchev–Trinajstić information content (AvgIpc) is 2.18. The maximum atomic E-state index is 13.1. The van der Waals surface area contributed by atoms with E-state index < -0.39 is 5.82 Å². The zero-order valence-electron chi connectivity index (χ0n) is 7.33. The van der Waals surface area contributed by atoms with Crippen molar-refractivity contribution >= 4 is 18.4 Å². The van der Waals surface area contributed by atoms with Gasteiger partial charge in [0, 0.05) is 12.2 Å². The molecule has 0 saturated carbocycles. The lowest BCUT2D eigenvalue weighted by Crippen LogP contribution is -2.06. The Hall–Kier alpha value is -1.34. The van der Waals surface area contributed by atoms with Crippen molar-refractivity contribution in [2.45, 2.75) is 6.42 Å². The van der Waals surface area contributed by atoms with Crippen LogP contribution in [-0.2, 0) is 11.2 Å². The number of nitriles is 1. The Labute approximate surface area is 86.8 Å². The molecule has 0 aliphatic heterocycles. The van der Waals surface area contributed by atoms with Gasteiger partial charge in [0.25, 0.3) is 0 Å². The molecule has 1 aromatic carbocycles. The molecule has 0 fully saturated rings. The summed E-state index contributed by atoms with van der Waals surface area (Å²) in [6.07, 6.45) is 0.0597. The number of nitrogens with zero attached hydrogens (tertiary/aromatic N) is 1. The minimum Gasteiger partial charge on any atom is -0.298 e. The van der Waals surface area contributed by atoms with Crippen LogP contribution in [0.25, 0.3) is 0 Å². The molecule has 1 aromatic rings. The predicted molar refractivity (Wildman–Crippen MR) is 53.7 cm³/mol. The van der Waals surface area contributed by atoms with Gasteiger partial charge in [-0.25, -0.2) is 4.39 Å². The van der Waals surface area contributed by atoms with Gasteiger partial charge >= 0.3 is 0 Å². The highest BCUT2D eigenvalue weighted by atomic mass is 32.1. The first-order valence-corrected chi connectivity index (χ1v) is 4.62. The normalized spacial score (nSPS) is 9.50. The van der Waals surface area contributed by atoms with E-state index in [9.17, 15) is 9.18 Å².